The van der Waals surface area contributed by atoms with Crippen molar-refractivity contribution in [2.24, 2.45) is 0 Å². The average Bonchev–Trinajstić information content (AvgIpc) is 2.80. The van der Waals surface area contributed by atoms with Gasteiger partial charge in [-0.2, -0.15) is 0 Å². The molecule has 2 aromatic carbocycles. The molecule has 0 saturated heterocycles. The Bertz CT molecular complexity index is 946. The number of hydrogen-bond donors (Lipinski definition) is 2. The van der Waals surface area contributed by atoms with Gasteiger partial charge in [-0.05, 0) is 56.2 Å². The molecule has 0 aliphatic rings. The summed E-state index contributed by atoms with van der Waals surface area (Å²) < 4.78 is 5.56. The van der Waals surface area contributed by atoms with Gasteiger partial charge in [0.25, 0.3) is 0 Å². The summed E-state index contributed by atoms with van der Waals surface area (Å²) in [5.41, 5.74) is 13.8. The van der Waals surface area contributed by atoms with Crippen molar-refractivity contribution in [1.29, 1.82) is 0 Å². The molecule has 0 spiro atoms. The number of hydrogen-bond acceptors (Lipinski definition) is 6. The highest BCUT2D eigenvalue weighted by Gasteiger charge is 2.24. The largest absolute Gasteiger partial charge is 0.444 e. The molecule has 0 atom stereocenters. The maximum absolute atomic E-state index is 12.8. The third-order valence-electron chi connectivity index (χ3n) is 5.58. The zero-order chi connectivity index (χ0) is 26.9. The molecule has 0 unspecified atom stereocenters. The van der Waals surface area contributed by atoms with E-state index in [9.17, 15) is 14.4 Å². The Morgan fingerprint density at radius 3 is 1.39 bits per heavy atom. The monoisotopic (exact) mass is 497 g/mol. The Balaban J connectivity index is 1.95. The summed E-state index contributed by atoms with van der Waals surface area (Å²) in [6.45, 7) is 6.61. The number of likely N-dealkylation sites (N-methyl/N-ethyl adjacent to an activating group) is 2. The summed E-state index contributed by atoms with van der Waals surface area (Å²) in [7, 11) is 3.41. The molecule has 9 nitrogen and oxygen atoms in total. The summed E-state index contributed by atoms with van der Waals surface area (Å²) >= 11 is 0. The van der Waals surface area contributed by atoms with Crippen molar-refractivity contribution in [2.45, 2.75) is 39.2 Å². The standard InChI is InChI=1S/C27H39N5O4/c1-27(2,3)36-26(35)32(16-14-30(4)24(33)18-20-6-10-22(28)11-7-20)17-15-31(5)25(34)19-21-8-12-23(29)13-9-21/h6-13H,14-19,28-29H2,1-5H3. The van der Waals surface area contributed by atoms with Crippen molar-refractivity contribution in [2.75, 3.05) is 51.7 Å². The minimum absolute atomic E-state index is 0.0697. The number of nitrogens with zero attached hydrogens (tertiary/aromatic N) is 3. The lowest BCUT2D eigenvalue weighted by Crippen LogP contribution is -2.45. The second-order valence-electron chi connectivity index (χ2n) is 9.93. The number of amides is 3. The Hall–Kier alpha value is -3.75. The van der Waals surface area contributed by atoms with Crippen LogP contribution in [0.4, 0.5) is 16.2 Å². The van der Waals surface area contributed by atoms with Crippen molar-refractivity contribution >= 4 is 29.3 Å². The van der Waals surface area contributed by atoms with Gasteiger partial charge >= 0.3 is 6.09 Å². The van der Waals surface area contributed by atoms with E-state index in [2.05, 4.69) is 0 Å². The Kier molecular flexibility index (Phi) is 10.1. The summed E-state index contributed by atoms with van der Waals surface area (Å²) in [5, 5.41) is 0. The van der Waals surface area contributed by atoms with E-state index in [1.807, 2.05) is 24.3 Å². The van der Waals surface area contributed by atoms with E-state index < -0.39 is 11.7 Å². The van der Waals surface area contributed by atoms with E-state index in [1.54, 1.807) is 68.9 Å². The van der Waals surface area contributed by atoms with Gasteiger partial charge in [0, 0.05) is 51.6 Å². The smallest absolute Gasteiger partial charge is 0.410 e. The topological polar surface area (TPSA) is 122 Å². The third-order valence-corrected chi connectivity index (χ3v) is 5.58. The zero-order valence-electron chi connectivity index (χ0n) is 22.0. The first-order valence-corrected chi connectivity index (χ1v) is 12.0. The van der Waals surface area contributed by atoms with Crippen LogP contribution in [0.3, 0.4) is 0 Å². The first kappa shape index (κ1) is 28.5. The van der Waals surface area contributed by atoms with Crippen molar-refractivity contribution in [1.82, 2.24) is 14.7 Å². The fraction of sp³-hybridized carbons (Fsp3) is 0.444. The molecule has 0 aromatic heterocycles. The van der Waals surface area contributed by atoms with Crippen LogP contribution < -0.4 is 11.5 Å². The van der Waals surface area contributed by atoms with Gasteiger partial charge in [-0.3, -0.25) is 9.59 Å². The first-order chi connectivity index (χ1) is 16.8. The molecular weight excluding hydrogens is 458 g/mol. The van der Waals surface area contributed by atoms with Gasteiger partial charge in [0.1, 0.15) is 5.60 Å². The van der Waals surface area contributed by atoms with Crippen LogP contribution in [0.25, 0.3) is 0 Å². The molecule has 0 aliphatic heterocycles. The fourth-order valence-electron chi connectivity index (χ4n) is 3.30. The van der Waals surface area contributed by atoms with E-state index >= 15 is 0 Å². The minimum atomic E-state index is -0.664. The molecule has 36 heavy (non-hydrogen) atoms. The Morgan fingerprint density at radius 2 is 1.06 bits per heavy atom. The van der Waals surface area contributed by atoms with Gasteiger partial charge < -0.3 is 30.9 Å². The van der Waals surface area contributed by atoms with E-state index in [1.165, 1.54) is 4.90 Å². The molecule has 3 amide bonds. The second kappa shape index (κ2) is 12.8. The van der Waals surface area contributed by atoms with Crippen LogP contribution in [0.1, 0.15) is 31.9 Å². The molecule has 2 aromatic rings. The fourth-order valence-corrected chi connectivity index (χ4v) is 3.30. The van der Waals surface area contributed by atoms with Crippen LogP contribution in [-0.2, 0) is 27.2 Å². The molecule has 9 heteroatoms. The Morgan fingerprint density at radius 1 is 0.694 bits per heavy atom. The quantitative estimate of drug-likeness (QED) is 0.487. The highest BCUT2D eigenvalue weighted by Crippen LogP contribution is 2.12. The molecule has 4 N–H and O–H groups in total. The lowest BCUT2D eigenvalue weighted by atomic mass is 10.1. The van der Waals surface area contributed by atoms with Crippen molar-refractivity contribution in [3.8, 4) is 0 Å². The summed E-state index contributed by atoms with van der Waals surface area (Å²) in [6.07, 6.45) is -0.00162. The lowest BCUT2D eigenvalue weighted by Gasteiger charge is -2.30. The van der Waals surface area contributed by atoms with Crippen LogP contribution in [-0.4, -0.2) is 78.5 Å². The maximum atomic E-state index is 12.8. The van der Waals surface area contributed by atoms with E-state index in [-0.39, 0.29) is 37.7 Å². The number of carbonyl (C=O) groups excluding carboxylic acids is 3. The molecule has 196 valence electrons. The summed E-state index contributed by atoms with van der Waals surface area (Å²) in [6, 6.07) is 14.3. The molecule has 0 saturated carbocycles. The van der Waals surface area contributed by atoms with Crippen LogP contribution in [0.5, 0.6) is 0 Å². The van der Waals surface area contributed by atoms with Crippen LogP contribution in [0.2, 0.25) is 0 Å². The van der Waals surface area contributed by atoms with Gasteiger partial charge in [-0.1, -0.05) is 24.3 Å². The van der Waals surface area contributed by atoms with Crippen LogP contribution in [0.15, 0.2) is 48.5 Å². The van der Waals surface area contributed by atoms with E-state index in [0.29, 0.717) is 24.5 Å². The average molecular weight is 498 g/mol. The highest BCUT2D eigenvalue weighted by atomic mass is 16.6. The molecule has 0 fully saturated rings. The van der Waals surface area contributed by atoms with Gasteiger partial charge in [0.2, 0.25) is 11.8 Å². The van der Waals surface area contributed by atoms with Crippen LogP contribution in [0, 0.1) is 0 Å². The molecule has 0 bridgehead atoms. The molecule has 0 radical (unpaired) electrons. The lowest BCUT2D eigenvalue weighted by molar-refractivity contribution is -0.129. The van der Waals surface area contributed by atoms with Crippen molar-refractivity contribution < 1.29 is 19.1 Å². The molecular formula is C27H39N5O4. The first-order valence-electron chi connectivity index (χ1n) is 12.0. The second-order valence-corrected chi connectivity index (χ2v) is 9.93. The molecule has 0 aliphatic carbocycles. The predicted molar refractivity (Wildman–Crippen MR) is 142 cm³/mol. The normalized spacial score (nSPS) is 11.0. The number of ether oxygens (including phenoxy) is 1. The third kappa shape index (κ3) is 9.85. The summed E-state index contributed by atoms with van der Waals surface area (Å²) in [4.78, 5) is 42.9. The van der Waals surface area contributed by atoms with Gasteiger partial charge in [-0.25, -0.2) is 4.79 Å². The van der Waals surface area contributed by atoms with Crippen molar-refractivity contribution in [3.05, 3.63) is 59.7 Å². The summed E-state index contributed by atoms with van der Waals surface area (Å²) in [5.74, 6) is -0.139. The van der Waals surface area contributed by atoms with Gasteiger partial charge in [0.15, 0.2) is 0 Å². The molecule has 2 rings (SSSR count). The van der Waals surface area contributed by atoms with Gasteiger partial charge in [0.05, 0.1) is 12.8 Å². The van der Waals surface area contributed by atoms with E-state index in [0.717, 1.165) is 11.1 Å². The number of nitrogens with two attached hydrogens (primary N) is 2. The van der Waals surface area contributed by atoms with Crippen LogP contribution >= 0.6 is 0 Å². The minimum Gasteiger partial charge on any atom is -0.444 e. The number of anilines is 2. The van der Waals surface area contributed by atoms with Crippen molar-refractivity contribution in [3.63, 3.8) is 0 Å². The number of nitrogen functional groups attached to an aromatic ring is 2. The predicted octanol–water partition coefficient (Wildman–Crippen LogP) is 2.79. The Labute approximate surface area is 214 Å². The van der Waals surface area contributed by atoms with E-state index in [4.69, 9.17) is 16.2 Å². The van der Waals surface area contributed by atoms with Gasteiger partial charge in [-0.15, -0.1) is 0 Å². The number of benzene rings is 2. The maximum Gasteiger partial charge on any atom is 0.410 e. The molecule has 0 heterocycles. The highest BCUT2D eigenvalue weighted by molar-refractivity contribution is 5.79. The number of rotatable bonds is 10. The number of carbonyl (C=O) groups is 3. The zero-order valence-corrected chi connectivity index (χ0v) is 22.0. The SMILES string of the molecule is CN(CCN(CCN(C)C(=O)Cc1ccc(N)cc1)C(=O)OC(C)(C)C)C(=O)Cc1ccc(N)cc1.